The van der Waals surface area contributed by atoms with Gasteiger partial charge in [0.25, 0.3) is 0 Å². The Morgan fingerprint density at radius 2 is 2.25 bits per heavy atom. The smallest absolute Gasteiger partial charge is 0.157 e. The topological polar surface area (TPSA) is 9.23 Å². The van der Waals surface area contributed by atoms with Crippen LogP contribution in [0.1, 0.15) is 19.8 Å². The van der Waals surface area contributed by atoms with Gasteiger partial charge in [-0.1, -0.05) is 13.3 Å². The average molecular weight is 118 g/mol. The van der Waals surface area contributed by atoms with Crippen LogP contribution in [0.5, 0.6) is 0 Å². The molecule has 1 saturated heterocycles. The van der Waals surface area contributed by atoms with Crippen molar-refractivity contribution in [3.05, 3.63) is 0 Å². The molecule has 0 aliphatic carbocycles. The molecule has 1 nitrogen and oxygen atoms in total. The molecule has 8 heavy (non-hydrogen) atoms. The second-order valence-corrected chi connectivity index (χ2v) is 2.39. The first-order chi connectivity index (χ1) is 3.77. The molecule has 0 spiro atoms. The largest absolute Gasteiger partial charge is 0.375 e. The van der Waals surface area contributed by atoms with E-state index in [1.54, 1.807) is 0 Å². The molecule has 0 aromatic rings. The minimum atomic E-state index is -0.950. The summed E-state index contributed by atoms with van der Waals surface area (Å²) in [6.45, 7) is 2.63. The molecule has 0 aromatic heterocycles. The summed E-state index contributed by atoms with van der Waals surface area (Å²) < 4.78 is 17.5. The third-order valence-electron chi connectivity index (χ3n) is 1.42. The van der Waals surface area contributed by atoms with E-state index in [1.807, 2.05) is 6.92 Å². The molecule has 2 heteroatoms. The second kappa shape index (κ2) is 2.02. The minimum Gasteiger partial charge on any atom is -0.375 e. The van der Waals surface area contributed by atoms with Crippen molar-refractivity contribution in [2.24, 2.45) is 0 Å². The van der Waals surface area contributed by atoms with Gasteiger partial charge >= 0.3 is 0 Å². The zero-order valence-electron chi connectivity index (χ0n) is 5.11. The van der Waals surface area contributed by atoms with Crippen LogP contribution in [0, 0.1) is 0 Å². The van der Waals surface area contributed by atoms with E-state index in [2.05, 4.69) is 0 Å². The van der Waals surface area contributed by atoms with Crippen molar-refractivity contribution in [3.63, 3.8) is 0 Å². The van der Waals surface area contributed by atoms with Gasteiger partial charge in [0.1, 0.15) is 0 Å². The van der Waals surface area contributed by atoms with Crippen molar-refractivity contribution in [2.75, 3.05) is 13.2 Å². The SMILES string of the molecule is CCCC1(F)COC1. The highest BCUT2D eigenvalue weighted by Gasteiger charge is 2.37. The van der Waals surface area contributed by atoms with Crippen LogP contribution >= 0.6 is 0 Å². The summed E-state index contributed by atoms with van der Waals surface area (Å²) in [5.74, 6) is 0. The van der Waals surface area contributed by atoms with Crippen LogP contribution < -0.4 is 0 Å². The fraction of sp³-hybridized carbons (Fsp3) is 1.00. The van der Waals surface area contributed by atoms with Crippen LogP contribution in [0.3, 0.4) is 0 Å². The van der Waals surface area contributed by atoms with Gasteiger partial charge in [0.15, 0.2) is 5.67 Å². The molecule has 1 aliphatic heterocycles. The van der Waals surface area contributed by atoms with Gasteiger partial charge in [-0.2, -0.15) is 0 Å². The molecular formula is C6H11FO. The molecular weight excluding hydrogens is 107 g/mol. The Morgan fingerprint density at radius 3 is 2.38 bits per heavy atom. The van der Waals surface area contributed by atoms with E-state index >= 15 is 0 Å². The van der Waals surface area contributed by atoms with E-state index in [0.29, 0.717) is 19.6 Å². The maximum Gasteiger partial charge on any atom is 0.157 e. The first-order valence-electron chi connectivity index (χ1n) is 3.03. The van der Waals surface area contributed by atoms with E-state index in [1.165, 1.54) is 0 Å². The fourth-order valence-electron chi connectivity index (χ4n) is 0.916. The summed E-state index contributed by atoms with van der Waals surface area (Å²) in [6, 6.07) is 0. The van der Waals surface area contributed by atoms with E-state index in [0.717, 1.165) is 6.42 Å². The van der Waals surface area contributed by atoms with Gasteiger partial charge < -0.3 is 4.74 Å². The highest BCUT2D eigenvalue weighted by molar-refractivity contribution is 4.84. The molecule has 0 aromatic carbocycles. The maximum atomic E-state index is 12.8. The summed E-state index contributed by atoms with van der Waals surface area (Å²) in [4.78, 5) is 0. The van der Waals surface area contributed by atoms with E-state index in [4.69, 9.17) is 4.74 Å². The van der Waals surface area contributed by atoms with Crippen LogP contribution in [0.4, 0.5) is 4.39 Å². The molecule has 0 unspecified atom stereocenters. The average Bonchev–Trinajstić information content (AvgIpc) is 1.64. The standard InChI is InChI=1S/C6H11FO/c1-2-3-6(7)4-8-5-6/h2-5H2,1H3. The summed E-state index contributed by atoms with van der Waals surface area (Å²) in [5, 5.41) is 0. The van der Waals surface area contributed by atoms with Gasteiger partial charge in [-0.05, 0) is 6.42 Å². The Hall–Kier alpha value is -0.110. The number of alkyl halides is 1. The molecule has 1 rings (SSSR count). The van der Waals surface area contributed by atoms with Crippen LogP contribution in [0.2, 0.25) is 0 Å². The predicted octanol–water partition coefficient (Wildman–Crippen LogP) is 1.52. The summed E-state index contributed by atoms with van der Waals surface area (Å²) in [7, 11) is 0. The highest BCUT2D eigenvalue weighted by Crippen LogP contribution is 2.26. The normalized spacial score (nSPS) is 24.8. The third-order valence-corrected chi connectivity index (χ3v) is 1.42. The third kappa shape index (κ3) is 0.996. The molecule has 0 saturated carbocycles. The predicted molar refractivity (Wildman–Crippen MR) is 29.6 cm³/mol. The Labute approximate surface area is 48.8 Å². The number of hydrogen-bond acceptors (Lipinski definition) is 1. The summed E-state index contributed by atoms with van der Waals surface area (Å²) in [6.07, 6.45) is 1.58. The van der Waals surface area contributed by atoms with Crippen LogP contribution in [0.15, 0.2) is 0 Å². The van der Waals surface area contributed by atoms with Crippen molar-refractivity contribution < 1.29 is 9.13 Å². The van der Waals surface area contributed by atoms with E-state index in [9.17, 15) is 4.39 Å². The zero-order valence-corrected chi connectivity index (χ0v) is 5.11. The van der Waals surface area contributed by atoms with Gasteiger partial charge in [0, 0.05) is 0 Å². The minimum absolute atomic E-state index is 0.320. The van der Waals surface area contributed by atoms with Gasteiger partial charge in [0.2, 0.25) is 0 Å². The molecule has 1 heterocycles. The molecule has 0 N–H and O–H groups in total. The Morgan fingerprint density at radius 1 is 1.62 bits per heavy atom. The second-order valence-electron chi connectivity index (χ2n) is 2.39. The van der Waals surface area contributed by atoms with Crippen molar-refractivity contribution in [1.29, 1.82) is 0 Å². The molecule has 0 amide bonds. The monoisotopic (exact) mass is 118 g/mol. The summed E-state index contributed by atoms with van der Waals surface area (Å²) in [5.41, 5.74) is -0.950. The Balaban J connectivity index is 2.20. The Kier molecular flexibility index (Phi) is 1.52. The quantitative estimate of drug-likeness (QED) is 0.534. The number of rotatable bonds is 2. The molecule has 0 radical (unpaired) electrons. The maximum absolute atomic E-state index is 12.8. The molecule has 1 aliphatic rings. The first-order valence-corrected chi connectivity index (χ1v) is 3.03. The lowest BCUT2D eigenvalue weighted by Crippen LogP contribution is -2.45. The van der Waals surface area contributed by atoms with Gasteiger partial charge in [-0.15, -0.1) is 0 Å². The van der Waals surface area contributed by atoms with Crippen molar-refractivity contribution in [3.8, 4) is 0 Å². The lowest BCUT2D eigenvalue weighted by Gasteiger charge is -2.33. The summed E-state index contributed by atoms with van der Waals surface area (Å²) >= 11 is 0. The number of hydrogen-bond donors (Lipinski definition) is 0. The zero-order chi connectivity index (χ0) is 6.04. The van der Waals surface area contributed by atoms with Crippen molar-refractivity contribution in [1.82, 2.24) is 0 Å². The number of ether oxygens (including phenoxy) is 1. The van der Waals surface area contributed by atoms with E-state index in [-0.39, 0.29) is 0 Å². The van der Waals surface area contributed by atoms with Gasteiger partial charge in [0.05, 0.1) is 13.2 Å². The van der Waals surface area contributed by atoms with E-state index < -0.39 is 5.67 Å². The number of halogens is 1. The lowest BCUT2D eigenvalue weighted by molar-refractivity contribution is -0.133. The first kappa shape index (κ1) is 6.02. The molecule has 0 bridgehead atoms. The highest BCUT2D eigenvalue weighted by atomic mass is 19.1. The molecule has 48 valence electrons. The van der Waals surface area contributed by atoms with Crippen molar-refractivity contribution in [2.45, 2.75) is 25.4 Å². The van der Waals surface area contributed by atoms with Crippen LogP contribution in [-0.4, -0.2) is 18.9 Å². The Bertz CT molecular complexity index is 78.6. The van der Waals surface area contributed by atoms with Gasteiger partial charge in [-0.25, -0.2) is 4.39 Å². The van der Waals surface area contributed by atoms with Gasteiger partial charge in [-0.3, -0.25) is 0 Å². The molecule has 0 atom stereocenters. The fourth-order valence-corrected chi connectivity index (χ4v) is 0.916. The lowest BCUT2D eigenvalue weighted by atomic mass is 9.99. The molecule has 1 fully saturated rings. The van der Waals surface area contributed by atoms with Crippen molar-refractivity contribution >= 4 is 0 Å². The van der Waals surface area contributed by atoms with Crippen LogP contribution in [-0.2, 0) is 4.74 Å². The van der Waals surface area contributed by atoms with Crippen LogP contribution in [0.25, 0.3) is 0 Å².